The van der Waals surface area contributed by atoms with Crippen molar-refractivity contribution in [2.45, 2.75) is 13.0 Å². The molecule has 62 valence electrons. The minimum Gasteiger partial charge on any atom is -0.324 e. The zero-order valence-electron chi connectivity index (χ0n) is 6.91. The first-order valence-corrected chi connectivity index (χ1v) is 3.96. The van der Waals surface area contributed by atoms with Gasteiger partial charge in [-0.3, -0.25) is 5.10 Å². The number of rotatable bonds is 1. The SMILES string of the molecule is CC(N)c1ccc2cn[nH]c2c1. The van der Waals surface area contributed by atoms with Crippen LogP contribution >= 0.6 is 0 Å². The van der Waals surface area contributed by atoms with E-state index in [9.17, 15) is 0 Å². The minimum atomic E-state index is 0.0812. The van der Waals surface area contributed by atoms with E-state index < -0.39 is 0 Å². The number of nitrogens with one attached hydrogen (secondary N) is 1. The maximum Gasteiger partial charge on any atom is 0.0653 e. The molecule has 0 aliphatic heterocycles. The Morgan fingerprint density at radius 1 is 1.50 bits per heavy atom. The van der Waals surface area contributed by atoms with Crippen LogP contribution in [0.4, 0.5) is 0 Å². The average molecular weight is 161 g/mol. The monoisotopic (exact) mass is 161 g/mol. The van der Waals surface area contributed by atoms with Crippen LogP contribution in [0.25, 0.3) is 10.9 Å². The zero-order chi connectivity index (χ0) is 8.55. The summed E-state index contributed by atoms with van der Waals surface area (Å²) >= 11 is 0. The van der Waals surface area contributed by atoms with E-state index in [4.69, 9.17) is 5.73 Å². The number of aromatic nitrogens is 2. The van der Waals surface area contributed by atoms with Gasteiger partial charge < -0.3 is 5.73 Å². The lowest BCUT2D eigenvalue weighted by atomic mass is 10.1. The summed E-state index contributed by atoms with van der Waals surface area (Å²) in [5.74, 6) is 0. The van der Waals surface area contributed by atoms with Crippen LogP contribution < -0.4 is 5.73 Å². The summed E-state index contributed by atoms with van der Waals surface area (Å²) < 4.78 is 0. The van der Waals surface area contributed by atoms with E-state index in [1.807, 2.05) is 25.1 Å². The second-order valence-corrected chi connectivity index (χ2v) is 3.01. The summed E-state index contributed by atoms with van der Waals surface area (Å²) in [5, 5.41) is 7.97. The van der Waals surface area contributed by atoms with Crippen LogP contribution in [0, 0.1) is 0 Å². The fraction of sp³-hybridized carbons (Fsp3) is 0.222. The van der Waals surface area contributed by atoms with Crippen LogP contribution in [0.3, 0.4) is 0 Å². The van der Waals surface area contributed by atoms with E-state index in [0.29, 0.717) is 0 Å². The van der Waals surface area contributed by atoms with Gasteiger partial charge in [0.15, 0.2) is 0 Å². The molecule has 3 heteroatoms. The molecule has 3 N–H and O–H groups in total. The average Bonchev–Trinajstić information content (AvgIpc) is 2.49. The highest BCUT2D eigenvalue weighted by atomic mass is 15.1. The van der Waals surface area contributed by atoms with Gasteiger partial charge in [0.1, 0.15) is 0 Å². The second kappa shape index (κ2) is 2.60. The Hall–Kier alpha value is -1.35. The number of nitrogens with zero attached hydrogens (tertiary/aromatic N) is 1. The molecule has 3 nitrogen and oxygen atoms in total. The highest BCUT2D eigenvalue weighted by Gasteiger charge is 2.00. The van der Waals surface area contributed by atoms with Gasteiger partial charge >= 0.3 is 0 Å². The van der Waals surface area contributed by atoms with Crippen molar-refractivity contribution in [1.82, 2.24) is 10.2 Å². The van der Waals surface area contributed by atoms with Crippen molar-refractivity contribution in [3.8, 4) is 0 Å². The minimum absolute atomic E-state index is 0.0812. The van der Waals surface area contributed by atoms with E-state index in [-0.39, 0.29) is 6.04 Å². The van der Waals surface area contributed by atoms with E-state index >= 15 is 0 Å². The number of aromatic amines is 1. The molecule has 0 spiro atoms. The first-order chi connectivity index (χ1) is 5.77. The Labute approximate surface area is 70.6 Å². The Kier molecular flexibility index (Phi) is 1.59. The van der Waals surface area contributed by atoms with Gasteiger partial charge in [-0.2, -0.15) is 5.10 Å². The summed E-state index contributed by atoms with van der Waals surface area (Å²) in [5.41, 5.74) is 7.92. The molecule has 0 amide bonds. The van der Waals surface area contributed by atoms with Crippen LogP contribution in [-0.2, 0) is 0 Å². The number of fused-ring (bicyclic) bond motifs is 1. The van der Waals surface area contributed by atoms with Crippen LogP contribution in [-0.4, -0.2) is 10.2 Å². The highest BCUT2D eigenvalue weighted by Crippen LogP contribution is 2.16. The topological polar surface area (TPSA) is 54.7 Å². The maximum absolute atomic E-state index is 5.74. The predicted molar refractivity (Wildman–Crippen MR) is 48.7 cm³/mol. The van der Waals surface area contributed by atoms with Crippen molar-refractivity contribution in [2.24, 2.45) is 5.73 Å². The molecule has 2 aromatic rings. The fourth-order valence-electron chi connectivity index (χ4n) is 1.24. The molecule has 0 radical (unpaired) electrons. The molecule has 1 unspecified atom stereocenters. The lowest BCUT2D eigenvalue weighted by Gasteiger charge is -2.03. The van der Waals surface area contributed by atoms with Crippen LogP contribution in [0.2, 0.25) is 0 Å². The maximum atomic E-state index is 5.74. The summed E-state index contributed by atoms with van der Waals surface area (Å²) in [6, 6.07) is 6.17. The molecule has 0 aliphatic rings. The molecule has 1 aromatic carbocycles. The molecule has 1 heterocycles. The quantitative estimate of drug-likeness (QED) is 0.667. The number of nitrogens with two attached hydrogens (primary N) is 1. The van der Waals surface area contributed by atoms with Crippen LogP contribution in [0.1, 0.15) is 18.5 Å². The molecule has 1 atom stereocenters. The lowest BCUT2D eigenvalue weighted by Crippen LogP contribution is -2.04. The van der Waals surface area contributed by atoms with Gasteiger partial charge in [-0.25, -0.2) is 0 Å². The summed E-state index contributed by atoms with van der Waals surface area (Å²) in [4.78, 5) is 0. The molecule has 2 rings (SSSR count). The van der Waals surface area contributed by atoms with Crippen molar-refractivity contribution < 1.29 is 0 Å². The largest absolute Gasteiger partial charge is 0.324 e. The molecule has 0 bridgehead atoms. The molecule has 0 fully saturated rings. The lowest BCUT2D eigenvalue weighted by molar-refractivity contribution is 0.819. The van der Waals surface area contributed by atoms with Crippen molar-refractivity contribution in [3.63, 3.8) is 0 Å². The van der Waals surface area contributed by atoms with Crippen molar-refractivity contribution in [2.75, 3.05) is 0 Å². The Bertz CT molecular complexity index is 389. The number of hydrogen-bond donors (Lipinski definition) is 2. The normalized spacial score (nSPS) is 13.5. The van der Waals surface area contributed by atoms with Gasteiger partial charge in [0.25, 0.3) is 0 Å². The molecule has 0 aliphatic carbocycles. The van der Waals surface area contributed by atoms with Gasteiger partial charge in [0, 0.05) is 11.4 Å². The Morgan fingerprint density at radius 3 is 3.08 bits per heavy atom. The third-order valence-corrected chi connectivity index (χ3v) is 1.99. The van der Waals surface area contributed by atoms with Crippen LogP contribution in [0.15, 0.2) is 24.4 Å². The third kappa shape index (κ3) is 1.08. The van der Waals surface area contributed by atoms with Gasteiger partial charge in [0.05, 0.1) is 11.7 Å². The molecular formula is C9H11N3. The molecule has 12 heavy (non-hydrogen) atoms. The number of hydrogen-bond acceptors (Lipinski definition) is 2. The van der Waals surface area contributed by atoms with Crippen molar-refractivity contribution >= 4 is 10.9 Å². The van der Waals surface area contributed by atoms with Crippen LogP contribution in [0.5, 0.6) is 0 Å². The summed E-state index contributed by atoms with van der Waals surface area (Å²) in [6.45, 7) is 1.97. The van der Waals surface area contributed by atoms with Gasteiger partial charge in [0.2, 0.25) is 0 Å². The van der Waals surface area contributed by atoms with Crippen molar-refractivity contribution in [1.29, 1.82) is 0 Å². The van der Waals surface area contributed by atoms with E-state index in [1.165, 1.54) is 0 Å². The number of H-pyrrole nitrogens is 1. The van der Waals surface area contributed by atoms with Gasteiger partial charge in [-0.05, 0) is 18.6 Å². The third-order valence-electron chi connectivity index (χ3n) is 1.99. The first kappa shape index (κ1) is 7.31. The Balaban J connectivity index is 2.60. The van der Waals surface area contributed by atoms with Crippen molar-refractivity contribution in [3.05, 3.63) is 30.0 Å². The van der Waals surface area contributed by atoms with E-state index in [0.717, 1.165) is 16.5 Å². The zero-order valence-corrected chi connectivity index (χ0v) is 6.91. The number of benzene rings is 1. The fourth-order valence-corrected chi connectivity index (χ4v) is 1.24. The van der Waals surface area contributed by atoms with E-state index in [2.05, 4.69) is 10.2 Å². The van der Waals surface area contributed by atoms with E-state index in [1.54, 1.807) is 6.20 Å². The predicted octanol–water partition coefficient (Wildman–Crippen LogP) is 1.58. The standard InChI is InChI=1S/C9H11N3/c1-6(10)7-2-3-8-5-11-12-9(8)4-7/h2-6H,10H2,1H3,(H,11,12). The van der Waals surface area contributed by atoms with Gasteiger partial charge in [-0.15, -0.1) is 0 Å². The molecule has 0 saturated carbocycles. The molecular weight excluding hydrogens is 150 g/mol. The smallest absolute Gasteiger partial charge is 0.0653 e. The molecule has 0 saturated heterocycles. The molecule has 1 aromatic heterocycles. The van der Waals surface area contributed by atoms with Gasteiger partial charge in [-0.1, -0.05) is 12.1 Å². The summed E-state index contributed by atoms with van der Waals surface area (Å²) in [6.07, 6.45) is 1.81. The first-order valence-electron chi connectivity index (χ1n) is 3.96. The Morgan fingerprint density at radius 2 is 2.33 bits per heavy atom. The highest BCUT2D eigenvalue weighted by molar-refractivity contribution is 5.78. The second-order valence-electron chi connectivity index (χ2n) is 3.01. The summed E-state index contributed by atoms with van der Waals surface area (Å²) in [7, 11) is 0.